The third-order valence-electron chi connectivity index (χ3n) is 3.08. The molecule has 0 aliphatic rings. The van der Waals surface area contributed by atoms with Gasteiger partial charge in [-0.3, -0.25) is 9.36 Å². The van der Waals surface area contributed by atoms with E-state index >= 15 is 0 Å². The van der Waals surface area contributed by atoms with Crippen LogP contribution in [0, 0.1) is 6.92 Å². The first-order valence-corrected chi connectivity index (χ1v) is 8.12. The van der Waals surface area contributed by atoms with Crippen LogP contribution in [-0.4, -0.2) is 16.1 Å². The molecule has 0 atom stereocenters. The maximum absolute atomic E-state index is 12.2. The highest BCUT2D eigenvalue weighted by Gasteiger charge is 2.04. The number of hydrogen-bond acceptors (Lipinski definition) is 5. The number of nitrogens with one attached hydrogen (secondary N) is 1. The number of rotatable bonds is 5. The van der Waals surface area contributed by atoms with Crippen LogP contribution in [-0.2, 0) is 13.1 Å². The van der Waals surface area contributed by atoms with Crippen LogP contribution >= 0.6 is 22.7 Å². The number of fused-ring (bicyclic) bond motifs is 1. The number of thiophene rings is 2. The van der Waals surface area contributed by atoms with Crippen molar-refractivity contribution in [3.63, 3.8) is 0 Å². The molecule has 104 valence electrons. The van der Waals surface area contributed by atoms with E-state index in [0.29, 0.717) is 11.9 Å². The number of hydrogen-bond donors (Lipinski definition) is 1. The lowest BCUT2D eigenvalue weighted by Gasteiger charge is -2.06. The molecule has 4 nitrogen and oxygen atoms in total. The molecule has 0 aliphatic carbocycles. The largest absolute Gasteiger partial charge is 0.310 e. The predicted molar refractivity (Wildman–Crippen MR) is 84.6 cm³/mol. The summed E-state index contributed by atoms with van der Waals surface area (Å²) in [6.07, 6.45) is 1.64. The van der Waals surface area contributed by atoms with Crippen LogP contribution in [0.2, 0.25) is 0 Å². The third-order valence-corrected chi connectivity index (χ3v) is 4.90. The number of aromatic nitrogens is 2. The van der Waals surface area contributed by atoms with Crippen molar-refractivity contribution < 1.29 is 0 Å². The van der Waals surface area contributed by atoms with Crippen molar-refractivity contribution in [3.8, 4) is 0 Å². The molecule has 3 rings (SSSR count). The van der Waals surface area contributed by atoms with E-state index in [0.717, 1.165) is 17.9 Å². The summed E-state index contributed by atoms with van der Waals surface area (Å²) < 4.78 is 1.67. The second-order valence-electron chi connectivity index (χ2n) is 4.57. The fourth-order valence-electron chi connectivity index (χ4n) is 2.04. The van der Waals surface area contributed by atoms with Gasteiger partial charge in [0.15, 0.2) is 0 Å². The van der Waals surface area contributed by atoms with Gasteiger partial charge in [0.25, 0.3) is 5.56 Å². The molecule has 20 heavy (non-hydrogen) atoms. The Bertz CT molecular complexity index is 772. The minimum absolute atomic E-state index is 0.0463. The molecule has 0 aliphatic heterocycles. The van der Waals surface area contributed by atoms with Crippen LogP contribution < -0.4 is 10.9 Å². The molecule has 0 aromatic carbocycles. The molecule has 0 unspecified atom stereocenters. The van der Waals surface area contributed by atoms with Crippen LogP contribution in [0.3, 0.4) is 0 Å². The van der Waals surface area contributed by atoms with Gasteiger partial charge in [-0.25, -0.2) is 4.98 Å². The molecule has 3 aromatic rings. The van der Waals surface area contributed by atoms with E-state index in [4.69, 9.17) is 0 Å². The molecule has 3 heterocycles. The summed E-state index contributed by atoms with van der Waals surface area (Å²) in [5, 5.41) is 5.98. The lowest BCUT2D eigenvalue weighted by molar-refractivity contribution is 0.585. The van der Waals surface area contributed by atoms with Crippen molar-refractivity contribution >= 4 is 32.9 Å². The Morgan fingerprint density at radius 1 is 1.35 bits per heavy atom. The Hall–Kier alpha value is -1.50. The summed E-state index contributed by atoms with van der Waals surface area (Å²) in [6.45, 7) is 4.35. The highest BCUT2D eigenvalue weighted by Crippen LogP contribution is 2.14. The lowest BCUT2D eigenvalue weighted by atomic mass is 10.4. The lowest BCUT2D eigenvalue weighted by Crippen LogP contribution is -2.26. The maximum atomic E-state index is 12.2. The van der Waals surface area contributed by atoms with Crippen LogP contribution in [0.1, 0.15) is 9.75 Å². The third kappa shape index (κ3) is 2.82. The fraction of sp³-hybridized carbons (Fsp3) is 0.286. The van der Waals surface area contributed by atoms with E-state index < -0.39 is 0 Å². The first-order chi connectivity index (χ1) is 9.74. The first-order valence-electron chi connectivity index (χ1n) is 6.43. The molecule has 0 radical (unpaired) electrons. The Balaban J connectivity index is 1.59. The maximum Gasteiger partial charge on any atom is 0.262 e. The van der Waals surface area contributed by atoms with Crippen molar-refractivity contribution in [3.05, 3.63) is 50.0 Å². The summed E-state index contributed by atoms with van der Waals surface area (Å²) in [5.41, 5.74) is 0.0463. The van der Waals surface area contributed by atoms with Crippen molar-refractivity contribution in [2.24, 2.45) is 0 Å². The van der Waals surface area contributed by atoms with Gasteiger partial charge in [-0.15, -0.1) is 22.7 Å². The Morgan fingerprint density at radius 3 is 3.05 bits per heavy atom. The van der Waals surface area contributed by atoms with Gasteiger partial charge in [-0.05, 0) is 30.5 Å². The molecule has 1 N–H and O–H groups in total. The van der Waals surface area contributed by atoms with Crippen molar-refractivity contribution in [2.45, 2.75) is 20.0 Å². The predicted octanol–water partition coefficient (Wildman–Crippen LogP) is 2.62. The fourth-order valence-corrected chi connectivity index (χ4v) is 3.63. The van der Waals surface area contributed by atoms with Crippen molar-refractivity contribution in [1.29, 1.82) is 0 Å². The van der Waals surface area contributed by atoms with E-state index in [2.05, 4.69) is 29.4 Å². The summed E-state index contributed by atoms with van der Waals surface area (Å²) in [7, 11) is 0. The summed E-state index contributed by atoms with van der Waals surface area (Å²) >= 11 is 3.30. The second kappa shape index (κ2) is 5.87. The van der Waals surface area contributed by atoms with Crippen molar-refractivity contribution in [2.75, 3.05) is 6.54 Å². The summed E-state index contributed by atoms with van der Waals surface area (Å²) in [4.78, 5) is 19.9. The zero-order valence-electron chi connectivity index (χ0n) is 11.1. The molecular formula is C14H15N3OS2. The first kappa shape index (κ1) is 13.5. The number of nitrogens with zero attached hydrogens (tertiary/aromatic N) is 2. The zero-order chi connectivity index (χ0) is 13.9. The standard InChI is InChI=1S/C14H15N3OS2/c1-10-2-3-11(20-10)8-15-5-6-17-9-16-13-12(14(17)18)4-7-19-13/h2-4,7,9,15H,5-6,8H2,1H3. The van der Waals surface area contributed by atoms with Gasteiger partial charge < -0.3 is 5.32 Å². The van der Waals surface area contributed by atoms with Crippen LogP contribution in [0.5, 0.6) is 0 Å². The average Bonchev–Trinajstić information content (AvgIpc) is 3.06. The van der Waals surface area contributed by atoms with Gasteiger partial charge in [-0.2, -0.15) is 0 Å². The number of aryl methyl sites for hydroxylation is 1. The molecule has 0 amide bonds. The van der Waals surface area contributed by atoms with Gasteiger partial charge in [0.05, 0.1) is 11.7 Å². The minimum atomic E-state index is 0.0463. The second-order valence-corrected chi connectivity index (χ2v) is 6.84. The van der Waals surface area contributed by atoms with Gasteiger partial charge in [0.1, 0.15) is 4.83 Å². The van der Waals surface area contributed by atoms with Gasteiger partial charge >= 0.3 is 0 Å². The van der Waals surface area contributed by atoms with Gasteiger partial charge in [0, 0.05) is 29.4 Å². The highest BCUT2D eigenvalue weighted by atomic mass is 32.1. The molecule has 3 aromatic heterocycles. The quantitative estimate of drug-likeness (QED) is 0.737. The Kier molecular flexibility index (Phi) is 3.95. The summed E-state index contributed by atoms with van der Waals surface area (Å²) in [6, 6.07) is 6.10. The van der Waals surface area contributed by atoms with E-state index in [1.165, 1.54) is 21.1 Å². The van der Waals surface area contributed by atoms with E-state index in [9.17, 15) is 4.79 Å². The van der Waals surface area contributed by atoms with Crippen LogP contribution in [0.4, 0.5) is 0 Å². The summed E-state index contributed by atoms with van der Waals surface area (Å²) in [5.74, 6) is 0. The smallest absolute Gasteiger partial charge is 0.262 e. The molecule has 6 heteroatoms. The van der Waals surface area contributed by atoms with Crippen molar-refractivity contribution in [1.82, 2.24) is 14.9 Å². The van der Waals surface area contributed by atoms with E-state index in [1.807, 2.05) is 11.4 Å². The van der Waals surface area contributed by atoms with E-state index in [1.54, 1.807) is 22.2 Å². The van der Waals surface area contributed by atoms with Crippen LogP contribution in [0.25, 0.3) is 10.2 Å². The molecule has 0 saturated carbocycles. The van der Waals surface area contributed by atoms with Gasteiger partial charge in [-0.1, -0.05) is 0 Å². The SMILES string of the molecule is Cc1ccc(CNCCn2cnc3sccc3c2=O)s1. The molecular weight excluding hydrogens is 290 g/mol. The molecule has 0 saturated heterocycles. The normalized spacial score (nSPS) is 11.2. The average molecular weight is 305 g/mol. The topological polar surface area (TPSA) is 46.9 Å². The Morgan fingerprint density at radius 2 is 2.25 bits per heavy atom. The monoisotopic (exact) mass is 305 g/mol. The highest BCUT2D eigenvalue weighted by molar-refractivity contribution is 7.16. The minimum Gasteiger partial charge on any atom is -0.310 e. The van der Waals surface area contributed by atoms with Gasteiger partial charge in [0.2, 0.25) is 0 Å². The van der Waals surface area contributed by atoms with Crippen LogP contribution in [0.15, 0.2) is 34.7 Å². The molecule has 0 bridgehead atoms. The Labute approximate surface area is 124 Å². The molecule has 0 spiro atoms. The zero-order valence-corrected chi connectivity index (χ0v) is 12.8. The molecule has 0 fully saturated rings. The van der Waals surface area contributed by atoms with E-state index in [-0.39, 0.29) is 5.56 Å².